The van der Waals surface area contributed by atoms with Crippen LogP contribution in [-0.2, 0) is 34.7 Å². The van der Waals surface area contributed by atoms with E-state index < -0.39 is 41.7 Å². The lowest BCUT2D eigenvalue weighted by Gasteiger charge is -2.48. The summed E-state index contributed by atoms with van der Waals surface area (Å²) >= 11 is 4.72. The van der Waals surface area contributed by atoms with Gasteiger partial charge in [0.15, 0.2) is 18.4 Å². The zero-order valence-electron chi connectivity index (χ0n) is 25.9. The highest BCUT2D eigenvalue weighted by atomic mass is 79.9. The molecule has 2 atom stereocenters. The Morgan fingerprint density at radius 1 is 1.05 bits per heavy atom. The first kappa shape index (κ1) is 33.5. The van der Waals surface area contributed by atoms with E-state index in [4.69, 9.17) is 9.47 Å². The van der Waals surface area contributed by atoms with Crippen LogP contribution in [0.3, 0.4) is 0 Å². The van der Waals surface area contributed by atoms with Crippen molar-refractivity contribution in [2.24, 2.45) is 4.99 Å². The fourth-order valence-electron chi connectivity index (χ4n) is 4.92. The van der Waals surface area contributed by atoms with Gasteiger partial charge in [-0.2, -0.15) is 0 Å². The summed E-state index contributed by atoms with van der Waals surface area (Å²) in [6, 6.07) is 9.66. The molecule has 234 valence electrons. The zero-order chi connectivity index (χ0) is 32.6. The van der Waals surface area contributed by atoms with Gasteiger partial charge in [-0.05, 0) is 40.7 Å². The molecule has 1 saturated heterocycles. The Hall–Kier alpha value is -3.44. The average molecular weight is 686 g/mol. The Bertz CT molecular complexity index is 1520. The Morgan fingerprint density at radius 2 is 1.64 bits per heavy atom. The number of carbonyl (C=O) groups excluding carboxylic acids is 4. The Labute approximate surface area is 270 Å². The third kappa shape index (κ3) is 7.26. The molecule has 2 heterocycles. The number of Topliss-reactive ketones (excluding diaryl/α,β-unsaturated/α-hetero) is 1. The number of esters is 2. The fraction of sp³-hybridized carbons (Fsp3) is 0.424. The van der Waals surface area contributed by atoms with Gasteiger partial charge in [0.1, 0.15) is 23.4 Å². The zero-order valence-corrected chi connectivity index (χ0v) is 28.3. The summed E-state index contributed by atoms with van der Waals surface area (Å²) < 4.78 is 11.3. The van der Waals surface area contributed by atoms with Crippen LogP contribution in [-0.4, -0.2) is 70.2 Å². The molecule has 2 aliphatic rings. The van der Waals surface area contributed by atoms with Crippen molar-refractivity contribution in [3.8, 4) is 5.75 Å². The molecule has 0 bridgehead atoms. The van der Waals surface area contributed by atoms with E-state index in [0.717, 1.165) is 21.2 Å². The molecular formula is C33H37BrN2O7S. The molecule has 0 aliphatic carbocycles. The molecule has 1 fully saturated rings. The number of hydrogen-bond acceptors (Lipinski definition) is 9. The minimum atomic E-state index is -0.845. The third-order valence-corrected chi connectivity index (χ3v) is 9.15. The molecule has 0 saturated carbocycles. The minimum Gasteiger partial charge on any atom is -0.507 e. The number of phenolic OH excluding ortho intramolecular Hbond substituents is 1. The Kier molecular flexibility index (Phi) is 9.80. The van der Waals surface area contributed by atoms with Gasteiger partial charge in [0, 0.05) is 45.6 Å². The molecule has 0 unspecified atom stereocenters. The van der Waals surface area contributed by atoms with Gasteiger partial charge >= 0.3 is 11.9 Å². The number of rotatable bonds is 8. The van der Waals surface area contributed by atoms with E-state index in [0.29, 0.717) is 16.9 Å². The quantitative estimate of drug-likeness (QED) is 0.163. The smallest absolute Gasteiger partial charge is 0.355 e. The van der Waals surface area contributed by atoms with Gasteiger partial charge in [0.25, 0.3) is 5.91 Å². The van der Waals surface area contributed by atoms with Gasteiger partial charge in [-0.25, -0.2) is 4.79 Å². The van der Waals surface area contributed by atoms with Crippen molar-refractivity contribution in [3.63, 3.8) is 0 Å². The molecule has 1 N–H and O–H groups in total. The van der Waals surface area contributed by atoms with Gasteiger partial charge in [0.05, 0.1) is 0 Å². The third-order valence-electron chi connectivity index (χ3n) is 7.30. The maximum absolute atomic E-state index is 13.5. The van der Waals surface area contributed by atoms with Crippen LogP contribution in [0.1, 0.15) is 75.5 Å². The van der Waals surface area contributed by atoms with Crippen LogP contribution in [0.2, 0.25) is 0 Å². The van der Waals surface area contributed by atoms with E-state index in [2.05, 4.69) is 20.9 Å². The van der Waals surface area contributed by atoms with Crippen LogP contribution < -0.4 is 0 Å². The summed E-state index contributed by atoms with van der Waals surface area (Å²) in [6.07, 6.45) is 1.64. The lowest BCUT2D eigenvalue weighted by Crippen LogP contribution is -2.64. The first-order valence-electron chi connectivity index (χ1n) is 14.2. The van der Waals surface area contributed by atoms with Gasteiger partial charge < -0.3 is 14.6 Å². The second-order valence-electron chi connectivity index (χ2n) is 12.8. The molecule has 1 amide bonds. The number of amides is 1. The lowest BCUT2D eigenvalue weighted by molar-refractivity contribution is -0.150. The molecule has 11 heteroatoms. The van der Waals surface area contributed by atoms with Crippen LogP contribution in [0.15, 0.2) is 57.1 Å². The second-order valence-corrected chi connectivity index (χ2v) is 14.9. The average Bonchev–Trinajstić information content (AvgIpc) is 2.93. The fourth-order valence-corrected chi connectivity index (χ4v) is 6.50. The SMILES string of the molecule is CC(=O)OCC1=C(C(=O)OCC(=O)c2ccc(Br)cc2)N2C(=O)[C@@H](N=Cc3cc(C(C)(C)C)c(O)c(C(C)(C)C)c3)[C@@H]2SC1. The van der Waals surface area contributed by atoms with Crippen molar-refractivity contribution >= 4 is 57.5 Å². The monoisotopic (exact) mass is 684 g/mol. The van der Waals surface area contributed by atoms with Crippen LogP contribution >= 0.6 is 27.7 Å². The number of thioether (sulfide) groups is 1. The predicted octanol–water partition coefficient (Wildman–Crippen LogP) is 5.70. The molecule has 0 spiro atoms. The number of ketones is 1. The van der Waals surface area contributed by atoms with Crippen molar-refractivity contribution in [1.82, 2.24) is 4.90 Å². The van der Waals surface area contributed by atoms with Gasteiger partial charge in [-0.3, -0.25) is 24.3 Å². The largest absolute Gasteiger partial charge is 0.507 e. The van der Waals surface area contributed by atoms with Crippen molar-refractivity contribution in [1.29, 1.82) is 0 Å². The van der Waals surface area contributed by atoms with Gasteiger partial charge in [-0.1, -0.05) is 69.6 Å². The number of hydrogen-bond donors (Lipinski definition) is 1. The maximum Gasteiger partial charge on any atom is 0.355 e. The van der Waals surface area contributed by atoms with Crippen molar-refractivity contribution in [2.75, 3.05) is 19.0 Å². The van der Waals surface area contributed by atoms with Crippen molar-refractivity contribution in [2.45, 2.75) is 70.7 Å². The number of fused-ring (bicyclic) bond motifs is 1. The van der Waals surface area contributed by atoms with E-state index in [1.165, 1.54) is 23.6 Å². The van der Waals surface area contributed by atoms with Crippen LogP contribution in [0.5, 0.6) is 5.75 Å². The molecule has 4 rings (SSSR count). The number of β-lactam (4-membered cyclic amide) rings is 1. The number of carbonyl (C=O) groups is 4. The summed E-state index contributed by atoms with van der Waals surface area (Å²) in [4.78, 5) is 56.9. The summed E-state index contributed by atoms with van der Waals surface area (Å²) in [7, 11) is 0. The number of nitrogens with zero attached hydrogens (tertiary/aromatic N) is 2. The van der Waals surface area contributed by atoms with Gasteiger partial charge in [-0.15, -0.1) is 11.8 Å². The molecule has 2 aromatic rings. The molecule has 0 radical (unpaired) electrons. The minimum absolute atomic E-state index is 0.0234. The topological polar surface area (TPSA) is 123 Å². The molecule has 44 heavy (non-hydrogen) atoms. The van der Waals surface area contributed by atoms with E-state index in [1.807, 2.05) is 53.7 Å². The number of aromatic hydroxyl groups is 1. The van der Waals surface area contributed by atoms with E-state index in [1.54, 1.807) is 30.5 Å². The Morgan fingerprint density at radius 3 is 2.18 bits per heavy atom. The Balaban J connectivity index is 1.58. The first-order chi connectivity index (χ1) is 20.5. The molecule has 9 nitrogen and oxygen atoms in total. The summed E-state index contributed by atoms with van der Waals surface area (Å²) in [5.41, 5.74) is 2.43. The lowest BCUT2D eigenvalue weighted by atomic mass is 9.78. The van der Waals surface area contributed by atoms with Crippen LogP contribution in [0, 0.1) is 0 Å². The molecule has 2 aliphatic heterocycles. The first-order valence-corrected chi connectivity index (χ1v) is 16.0. The highest BCUT2D eigenvalue weighted by molar-refractivity contribution is 9.10. The number of benzene rings is 2. The van der Waals surface area contributed by atoms with Crippen molar-refractivity contribution < 1.29 is 33.8 Å². The van der Waals surface area contributed by atoms with Crippen LogP contribution in [0.4, 0.5) is 0 Å². The standard InChI is InChI=1S/C33H37BrN2O7S/c1-18(37)42-15-21-17-44-30-26(35-14-19-12-23(32(2,3)4)28(39)24(13-19)33(5,6)7)29(40)36(30)27(21)31(41)43-16-25(38)20-8-10-22(34)11-9-20/h8-14,26,30,39H,15-17H2,1-7H3/t26-,30+/m1/s1. The number of aliphatic imine (C=N–C) groups is 1. The highest BCUT2D eigenvalue weighted by Gasteiger charge is 2.54. The highest BCUT2D eigenvalue weighted by Crippen LogP contribution is 2.43. The molecule has 2 aromatic carbocycles. The number of phenols is 1. The molecular weight excluding hydrogens is 648 g/mol. The van der Waals surface area contributed by atoms with Gasteiger partial charge in [0.2, 0.25) is 0 Å². The molecule has 0 aromatic heterocycles. The predicted molar refractivity (Wildman–Crippen MR) is 173 cm³/mol. The van der Waals surface area contributed by atoms with E-state index in [9.17, 15) is 24.3 Å². The summed E-state index contributed by atoms with van der Waals surface area (Å²) in [6.45, 7) is 12.7. The normalized spacial score (nSPS) is 18.6. The maximum atomic E-state index is 13.5. The number of ether oxygens (including phenoxy) is 2. The summed E-state index contributed by atoms with van der Waals surface area (Å²) in [5, 5.41) is 10.6. The summed E-state index contributed by atoms with van der Waals surface area (Å²) in [5.74, 6) is -1.62. The van der Waals surface area contributed by atoms with E-state index in [-0.39, 0.29) is 28.9 Å². The second kappa shape index (κ2) is 12.9. The van der Waals surface area contributed by atoms with Crippen molar-refractivity contribution in [3.05, 3.63) is 74.4 Å². The number of halogens is 1. The van der Waals surface area contributed by atoms with E-state index >= 15 is 0 Å². The van der Waals surface area contributed by atoms with Crippen LogP contribution in [0.25, 0.3) is 0 Å².